The molecule has 0 saturated heterocycles. The first-order valence-corrected chi connectivity index (χ1v) is 17.9. The van der Waals surface area contributed by atoms with Crippen LogP contribution in [0.2, 0.25) is 0 Å². The van der Waals surface area contributed by atoms with Crippen LogP contribution in [-0.4, -0.2) is 22.5 Å². The van der Waals surface area contributed by atoms with Crippen LogP contribution < -0.4 is 0 Å². The molecule has 1 N–H and O–H groups in total. The molecular formula is C45H30N4OS. The quantitative estimate of drug-likeness (QED) is 0.146. The van der Waals surface area contributed by atoms with Crippen LogP contribution in [0.1, 0.15) is 17.5 Å². The summed E-state index contributed by atoms with van der Waals surface area (Å²) >= 11 is 1.85. The first-order chi connectivity index (χ1) is 25.2. The number of aromatic nitrogens is 1. The van der Waals surface area contributed by atoms with Crippen LogP contribution in [-0.2, 0) is 0 Å². The number of hydrogen-bond donors (Lipinski definition) is 1. The molecule has 0 amide bonds. The standard InChI is InChI=1S/C45H30N4OS/c46-44(29-13-5-2-6-14-29)48-45(47-27-28-11-3-1-4-12-28)30-19-21-33-34-22-20-31(26-40(34)50-39(33)25-30)49-38-17-9-7-15-32(38)36-23-24-37-35-16-8-10-18-41(35)51-43(37)42(36)49/h1-11,13-28,46H,12H2. The second-order valence-corrected chi connectivity index (χ2v) is 14.0. The summed E-state index contributed by atoms with van der Waals surface area (Å²) in [5.41, 5.74) is 6.53. The first kappa shape index (κ1) is 29.5. The third-order valence-corrected chi connectivity index (χ3v) is 11.0. The number of nitrogens with zero attached hydrogens (tertiary/aromatic N) is 3. The molecule has 3 heterocycles. The van der Waals surface area contributed by atoms with E-state index in [1.54, 1.807) is 0 Å². The van der Waals surface area contributed by atoms with E-state index in [0.717, 1.165) is 50.7 Å². The molecule has 3 aromatic heterocycles. The molecule has 1 atom stereocenters. The second kappa shape index (κ2) is 11.9. The van der Waals surface area contributed by atoms with Gasteiger partial charge in [0, 0.05) is 72.0 Å². The van der Waals surface area contributed by atoms with Crippen molar-refractivity contribution in [2.24, 2.45) is 15.9 Å². The minimum absolute atomic E-state index is 0.162. The highest BCUT2D eigenvalue weighted by atomic mass is 32.1. The molecule has 0 bridgehead atoms. The van der Waals surface area contributed by atoms with E-state index >= 15 is 0 Å². The van der Waals surface area contributed by atoms with Crippen molar-refractivity contribution in [3.05, 3.63) is 163 Å². The van der Waals surface area contributed by atoms with Gasteiger partial charge in [-0.15, -0.1) is 11.3 Å². The maximum atomic E-state index is 8.76. The summed E-state index contributed by atoms with van der Waals surface area (Å²) in [6.45, 7) is 0. The Morgan fingerprint density at radius 2 is 1.45 bits per heavy atom. The van der Waals surface area contributed by atoms with Gasteiger partial charge in [-0.1, -0.05) is 109 Å². The molecule has 5 nitrogen and oxygen atoms in total. The molecule has 1 aliphatic rings. The number of hydrogen-bond acceptors (Lipinski definition) is 3. The highest BCUT2D eigenvalue weighted by Crippen LogP contribution is 2.43. The van der Waals surface area contributed by atoms with E-state index in [1.807, 2.05) is 66.1 Å². The molecule has 1 unspecified atom stereocenters. The summed E-state index contributed by atoms with van der Waals surface area (Å²) in [5.74, 6) is 0.816. The average molecular weight is 675 g/mol. The van der Waals surface area contributed by atoms with Gasteiger partial charge in [0.05, 0.1) is 15.7 Å². The van der Waals surface area contributed by atoms with Gasteiger partial charge in [0.1, 0.15) is 11.2 Å². The summed E-state index contributed by atoms with van der Waals surface area (Å²) in [7, 11) is 0. The number of rotatable bonds is 4. The number of aliphatic imine (C=N–C) groups is 2. The van der Waals surface area contributed by atoms with Crippen molar-refractivity contribution in [3.63, 3.8) is 0 Å². The second-order valence-electron chi connectivity index (χ2n) is 12.9. The van der Waals surface area contributed by atoms with Gasteiger partial charge in [0.25, 0.3) is 0 Å². The Kier molecular flexibility index (Phi) is 6.89. The smallest absolute Gasteiger partial charge is 0.161 e. The number of nitrogens with one attached hydrogen (secondary N) is 1. The van der Waals surface area contributed by atoms with Crippen molar-refractivity contribution < 1.29 is 4.42 Å². The molecule has 1 aliphatic carbocycles. The molecule has 0 fully saturated rings. The average Bonchev–Trinajstić information content (AvgIpc) is 3.86. The summed E-state index contributed by atoms with van der Waals surface area (Å²) in [5, 5.41) is 15.9. The number of furan rings is 1. The fraction of sp³-hybridized carbons (Fsp3) is 0.0444. The van der Waals surface area contributed by atoms with Crippen LogP contribution in [0, 0.1) is 11.3 Å². The Bertz CT molecular complexity index is 2970. The number of fused-ring (bicyclic) bond motifs is 10. The van der Waals surface area contributed by atoms with Gasteiger partial charge in [-0.2, -0.15) is 0 Å². The third-order valence-electron chi connectivity index (χ3n) is 9.82. The van der Waals surface area contributed by atoms with E-state index in [2.05, 4.69) is 108 Å². The number of allylic oxidation sites excluding steroid dienone is 4. The Morgan fingerprint density at radius 3 is 2.31 bits per heavy atom. The van der Waals surface area contributed by atoms with E-state index in [4.69, 9.17) is 19.8 Å². The summed E-state index contributed by atoms with van der Waals surface area (Å²) in [6, 6.07) is 44.1. The highest BCUT2D eigenvalue weighted by molar-refractivity contribution is 7.26. The van der Waals surface area contributed by atoms with E-state index in [-0.39, 0.29) is 11.8 Å². The van der Waals surface area contributed by atoms with E-state index in [0.29, 0.717) is 5.84 Å². The number of thiophene rings is 1. The van der Waals surface area contributed by atoms with Crippen molar-refractivity contribution in [2.45, 2.75) is 6.42 Å². The van der Waals surface area contributed by atoms with Crippen LogP contribution in [0.5, 0.6) is 0 Å². The van der Waals surface area contributed by atoms with Crippen LogP contribution in [0.25, 0.3) is 69.6 Å². The van der Waals surface area contributed by atoms with Crippen molar-refractivity contribution in [1.82, 2.24) is 4.57 Å². The summed E-state index contributed by atoms with van der Waals surface area (Å²) in [6.07, 6.45) is 11.2. The molecule has 6 heteroatoms. The molecule has 10 rings (SSSR count). The molecular weight excluding hydrogens is 645 g/mol. The zero-order valence-electron chi connectivity index (χ0n) is 27.5. The maximum absolute atomic E-state index is 8.76. The largest absolute Gasteiger partial charge is 0.456 e. The normalized spacial score (nSPS) is 15.1. The zero-order valence-corrected chi connectivity index (χ0v) is 28.3. The van der Waals surface area contributed by atoms with Gasteiger partial charge in [-0.05, 0) is 42.8 Å². The van der Waals surface area contributed by atoms with Gasteiger partial charge in [-0.3, -0.25) is 5.41 Å². The Balaban J connectivity index is 1.12. The van der Waals surface area contributed by atoms with Crippen LogP contribution in [0.4, 0.5) is 0 Å². The molecule has 242 valence electrons. The lowest BCUT2D eigenvalue weighted by atomic mass is 10.0. The topological polar surface area (TPSA) is 66.6 Å². The van der Waals surface area contributed by atoms with Crippen LogP contribution in [0.3, 0.4) is 0 Å². The molecule has 0 aliphatic heterocycles. The fourth-order valence-corrected chi connectivity index (χ4v) is 8.59. The molecule has 0 radical (unpaired) electrons. The maximum Gasteiger partial charge on any atom is 0.161 e. The van der Waals surface area contributed by atoms with Crippen molar-refractivity contribution in [3.8, 4) is 5.69 Å². The lowest BCUT2D eigenvalue weighted by Gasteiger charge is -2.08. The van der Waals surface area contributed by atoms with Gasteiger partial charge in [0.15, 0.2) is 11.7 Å². The van der Waals surface area contributed by atoms with Gasteiger partial charge in [0.2, 0.25) is 0 Å². The van der Waals surface area contributed by atoms with Crippen molar-refractivity contribution in [2.75, 3.05) is 0 Å². The first-order valence-electron chi connectivity index (χ1n) is 17.1. The van der Waals surface area contributed by atoms with Crippen molar-refractivity contribution >= 4 is 93.1 Å². The third kappa shape index (κ3) is 4.95. The molecule has 6 aromatic carbocycles. The molecule has 9 aromatic rings. The number of amidine groups is 2. The molecule has 0 saturated carbocycles. The lowest BCUT2D eigenvalue weighted by Crippen LogP contribution is -2.07. The number of para-hydroxylation sites is 1. The Hall–Kier alpha value is -6.37. The van der Waals surface area contributed by atoms with Crippen LogP contribution >= 0.6 is 11.3 Å². The van der Waals surface area contributed by atoms with Crippen LogP contribution in [0.15, 0.2) is 166 Å². The van der Waals surface area contributed by atoms with E-state index in [1.165, 1.54) is 36.5 Å². The van der Waals surface area contributed by atoms with Gasteiger partial charge in [-0.25, -0.2) is 9.98 Å². The summed E-state index contributed by atoms with van der Waals surface area (Å²) < 4.78 is 11.6. The van der Waals surface area contributed by atoms with E-state index < -0.39 is 0 Å². The summed E-state index contributed by atoms with van der Waals surface area (Å²) in [4.78, 5) is 9.57. The van der Waals surface area contributed by atoms with Gasteiger partial charge >= 0.3 is 0 Å². The Morgan fingerprint density at radius 1 is 0.706 bits per heavy atom. The highest BCUT2D eigenvalue weighted by Gasteiger charge is 2.19. The SMILES string of the molecule is N=C(N=C(N=CC1C=CC=CC1)c1ccc2c(c1)oc1cc(-n3c4ccccc4c4ccc5c6ccccc6sc5c43)ccc12)c1ccccc1. The fourth-order valence-electron chi connectivity index (χ4n) is 7.35. The van der Waals surface area contributed by atoms with Crippen molar-refractivity contribution in [1.29, 1.82) is 5.41 Å². The number of benzene rings is 6. The zero-order chi connectivity index (χ0) is 33.9. The predicted octanol–water partition coefficient (Wildman–Crippen LogP) is 12.0. The predicted molar refractivity (Wildman–Crippen MR) is 216 cm³/mol. The molecule has 0 spiro atoms. The Labute approximate surface area is 297 Å². The van der Waals surface area contributed by atoms with E-state index in [9.17, 15) is 0 Å². The minimum Gasteiger partial charge on any atom is -0.456 e. The minimum atomic E-state index is 0.162. The van der Waals surface area contributed by atoms with Gasteiger partial charge < -0.3 is 8.98 Å². The lowest BCUT2D eigenvalue weighted by molar-refractivity contribution is 0.668. The monoisotopic (exact) mass is 674 g/mol. The molecule has 51 heavy (non-hydrogen) atoms.